The predicted octanol–water partition coefficient (Wildman–Crippen LogP) is 3.80. The van der Waals surface area contributed by atoms with Gasteiger partial charge in [-0.15, -0.1) is 0 Å². The van der Waals surface area contributed by atoms with Gasteiger partial charge in [-0.1, -0.05) is 24.6 Å². The van der Waals surface area contributed by atoms with Crippen LogP contribution in [0.15, 0.2) is 41.6 Å². The van der Waals surface area contributed by atoms with Crippen LogP contribution in [0.2, 0.25) is 5.02 Å². The number of sulfonamides is 1. The molecule has 1 aromatic heterocycles. The molecule has 3 N–H and O–H groups in total. The van der Waals surface area contributed by atoms with Gasteiger partial charge in [0.25, 0.3) is 10.0 Å². The molecular formula is C21H26ClFN6O3S2. The van der Waals surface area contributed by atoms with Gasteiger partial charge in [-0.3, -0.25) is 4.72 Å². The van der Waals surface area contributed by atoms with Crippen molar-refractivity contribution in [3.63, 3.8) is 0 Å². The molecule has 0 unspecified atom stereocenters. The minimum atomic E-state index is -4.13. The number of hydrogen-bond acceptors (Lipinski definition) is 9. The van der Waals surface area contributed by atoms with E-state index in [9.17, 15) is 12.8 Å². The number of methoxy groups -OCH3 is 1. The van der Waals surface area contributed by atoms with Crippen molar-refractivity contribution < 1.29 is 17.5 Å². The molecule has 0 spiro atoms. The molecule has 0 aliphatic rings. The number of anilines is 3. The van der Waals surface area contributed by atoms with E-state index in [4.69, 9.17) is 16.3 Å². The Labute approximate surface area is 207 Å². The van der Waals surface area contributed by atoms with E-state index in [1.807, 2.05) is 32.2 Å². The highest BCUT2D eigenvalue weighted by molar-refractivity contribution is 7.93. The third kappa shape index (κ3) is 6.47. The molecule has 13 heteroatoms. The van der Waals surface area contributed by atoms with Crippen LogP contribution in [-0.2, 0) is 16.6 Å². The standard InChI is InChI=1S/C21H26ClFN6O3S2/c1-4-24-7-8-29(2)19-9-15(32-3)6-5-14(19)12-25-18-10-16(22)20(11-17(18)23)34(30,31)28-21-26-13-27-33-21/h5-6,9-11,13,24-25H,4,7-8,12H2,1-3H3,(H,26,27,28). The van der Waals surface area contributed by atoms with Crippen molar-refractivity contribution >= 4 is 49.7 Å². The number of benzene rings is 2. The Morgan fingerprint density at radius 3 is 2.74 bits per heavy atom. The molecule has 3 rings (SSSR count). The number of hydrogen-bond donors (Lipinski definition) is 3. The van der Waals surface area contributed by atoms with Crippen LogP contribution in [0.5, 0.6) is 5.75 Å². The average Bonchev–Trinajstić information content (AvgIpc) is 3.31. The first-order valence-electron chi connectivity index (χ1n) is 10.4. The van der Waals surface area contributed by atoms with Gasteiger partial charge in [0.1, 0.15) is 22.8 Å². The molecule has 0 aliphatic heterocycles. The highest BCUT2D eigenvalue weighted by Crippen LogP contribution is 2.31. The third-order valence-electron chi connectivity index (χ3n) is 4.94. The van der Waals surface area contributed by atoms with Gasteiger partial charge in [-0.05, 0) is 30.3 Å². The van der Waals surface area contributed by atoms with Crippen molar-refractivity contribution in [3.05, 3.63) is 53.1 Å². The molecule has 1 heterocycles. The summed E-state index contributed by atoms with van der Waals surface area (Å²) in [5.74, 6) is -0.0432. The van der Waals surface area contributed by atoms with Gasteiger partial charge < -0.3 is 20.3 Å². The van der Waals surface area contributed by atoms with Gasteiger partial charge in [0, 0.05) is 50.0 Å². The highest BCUT2D eigenvalue weighted by Gasteiger charge is 2.22. The van der Waals surface area contributed by atoms with Crippen molar-refractivity contribution in [2.24, 2.45) is 0 Å². The van der Waals surface area contributed by atoms with Crippen LogP contribution in [0, 0.1) is 5.82 Å². The van der Waals surface area contributed by atoms with Crippen LogP contribution in [0.4, 0.5) is 20.9 Å². The second-order valence-electron chi connectivity index (χ2n) is 7.24. The SMILES string of the molecule is CCNCCN(C)c1cc(OC)ccc1CNc1cc(Cl)c(S(=O)(=O)Nc2ncns2)cc1F. The van der Waals surface area contributed by atoms with Crippen LogP contribution in [0.25, 0.3) is 0 Å². The lowest BCUT2D eigenvalue weighted by Gasteiger charge is -2.24. The number of aromatic nitrogens is 2. The topological polar surface area (TPSA) is 108 Å². The van der Waals surface area contributed by atoms with Crippen molar-refractivity contribution in [2.45, 2.75) is 18.4 Å². The van der Waals surface area contributed by atoms with Crippen molar-refractivity contribution in [1.29, 1.82) is 0 Å². The van der Waals surface area contributed by atoms with Crippen LogP contribution in [0.3, 0.4) is 0 Å². The molecule has 3 aromatic rings. The minimum Gasteiger partial charge on any atom is -0.497 e. The summed E-state index contributed by atoms with van der Waals surface area (Å²) in [5.41, 5.74) is 1.92. The first-order chi connectivity index (χ1) is 16.2. The number of nitrogens with one attached hydrogen (secondary N) is 3. The summed E-state index contributed by atoms with van der Waals surface area (Å²) in [6.45, 7) is 4.78. The Hall–Kier alpha value is -2.67. The predicted molar refractivity (Wildman–Crippen MR) is 134 cm³/mol. The summed E-state index contributed by atoms with van der Waals surface area (Å²) in [4.78, 5) is 5.46. The van der Waals surface area contributed by atoms with E-state index < -0.39 is 15.8 Å². The first kappa shape index (κ1) is 25.9. The fourth-order valence-electron chi connectivity index (χ4n) is 3.17. The third-order valence-corrected chi connectivity index (χ3v) is 7.45. The van der Waals surface area contributed by atoms with Crippen molar-refractivity contribution in [3.8, 4) is 5.75 Å². The lowest BCUT2D eigenvalue weighted by Crippen LogP contribution is -2.29. The van der Waals surface area contributed by atoms with Gasteiger partial charge in [0.15, 0.2) is 0 Å². The van der Waals surface area contributed by atoms with Crippen LogP contribution in [-0.4, -0.2) is 51.6 Å². The molecule has 2 aromatic carbocycles. The van der Waals surface area contributed by atoms with E-state index in [1.54, 1.807) is 7.11 Å². The van der Waals surface area contributed by atoms with Gasteiger partial charge in [0.05, 0.1) is 17.8 Å². The zero-order valence-corrected chi connectivity index (χ0v) is 21.3. The zero-order valence-electron chi connectivity index (χ0n) is 18.9. The van der Waals surface area contributed by atoms with Crippen molar-refractivity contribution in [2.75, 3.05) is 48.7 Å². The number of ether oxygens (including phenoxy) is 1. The van der Waals surface area contributed by atoms with E-state index in [2.05, 4.69) is 29.6 Å². The second kappa shape index (κ2) is 11.6. The van der Waals surface area contributed by atoms with E-state index in [1.165, 1.54) is 12.4 Å². The Balaban J connectivity index is 1.79. The molecule has 184 valence electrons. The van der Waals surface area contributed by atoms with Gasteiger partial charge >= 0.3 is 0 Å². The van der Waals surface area contributed by atoms with E-state index in [-0.39, 0.29) is 27.3 Å². The fourth-order valence-corrected chi connectivity index (χ4v) is 5.37. The Morgan fingerprint density at radius 2 is 2.06 bits per heavy atom. The summed E-state index contributed by atoms with van der Waals surface area (Å²) in [6, 6.07) is 7.78. The summed E-state index contributed by atoms with van der Waals surface area (Å²) in [5, 5.41) is 6.24. The molecule has 0 atom stereocenters. The number of halogens is 2. The maximum absolute atomic E-state index is 14.8. The quantitative estimate of drug-likeness (QED) is 0.305. The average molecular weight is 529 g/mol. The van der Waals surface area contributed by atoms with Gasteiger partial charge in [-0.2, -0.15) is 4.37 Å². The first-order valence-corrected chi connectivity index (χ1v) is 13.0. The lowest BCUT2D eigenvalue weighted by atomic mass is 10.1. The molecule has 0 saturated heterocycles. The summed E-state index contributed by atoms with van der Waals surface area (Å²) in [6.07, 6.45) is 1.21. The molecular weight excluding hydrogens is 503 g/mol. The minimum absolute atomic E-state index is 0.0592. The van der Waals surface area contributed by atoms with E-state index in [0.29, 0.717) is 5.75 Å². The Morgan fingerprint density at radius 1 is 1.26 bits per heavy atom. The molecule has 0 radical (unpaired) electrons. The highest BCUT2D eigenvalue weighted by atomic mass is 35.5. The Bertz CT molecular complexity index is 1210. The van der Waals surface area contributed by atoms with E-state index in [0.717, 1.165) is 48.5 Å². The maximum Gasteiger partial charge on any atom is 0.265 e. The molecule has 0 saturated carbocycles. The van der Waals surface area contributed by atoms with Gasteiger partial charge in [-0.25, -0.2) is 17.8 Å². The molecule has 0 fully saturated rings. The zero-order chi connectivity index (χ0) is 24.7. The molecule has 9 nitrogen and oxygen atoms in total. The number of rotatable bonds is 12. The molecule has 0 amide bonds. The van der Waals surface area contributed by atoms with Crippen molar-refractivity contribution in [1.82, 2.24) is 14.7 Å². The largest absolute Gasteiger partial charge is 0.497 e. The molecule has 34 heavy (non-hydrogen) atoms. The second-order valence-corrected chi connectivity index (χ2v) is 10.1. The normalized spacial score (nSPS) is 11.3. The number of likely N-dealkylation sites (N-methyl/N-ethyl adjacent to an activating group) is 2. The maximum atomic E-state index is 14.8. The monoisotopic (exact) mass is 528 g/mol. The van der Waals surface area contributed by atoms with E-state index >= 15 is 0 Å². The smallest absolute Gasteiger partial charge is 0.265 e. The van der Waals surface area contributed by atoms with Gasteiger partial charge in [0.2, 0.25) is 5.13 Å². The summed E-state index contributed by atoms with van der Waals surface area (Å²) in [7, 11) is -0.556. The Kier molecular flexibility index (Phi) is 8.89. The fraction of sp³-hybridized carbons (Fsp3) is 0.333. The van der Waals surface area contributed by atoms with Crippen LogP contribution >= 0.6 is 23.1 Å². The summed E-state index contributed by atoms with van der Waals surface area (Å²) >= 11 is 7.07. The lowest BCUT2D eigenvalue weighted by molar-refractivity contribution is 0.414. The van der Waals surface area contributed by atoms with Crippen LogP contribution in [0.1, 0.15) is 12.5 Å². The molecule has 0 aliphatic carbocycles. The summed E-state index contributed by atoms with van der Waals surface area (Å²) < 4.78 is 51.3. The molecule has 0 bridgehead atoms. The number of nitrogens with zero attached hydrogens (tertiary/aromatic N) is 3. The van der Waals surface area contributed by atoms with Crippen LogP contribution < -0.4 is 25.0 Å².